The van der Waals surface area contributed by atoms with Crippen molar-refractivity contribution >= 4 is 29.8 Å². The third-order valence-corrected chi connectivity index (χ3v) is 12.3. The Labute approximate surface area is 354 Å². The van der Waals surface area contributed by atoms with Crippen LogP contribution in [0.3, 0.4) is 0 Å². The lowest BCUT2D eigenvalue weighted by molar-refractivity contribution is -0.225. The van der Waals surface area contributed by atoms with Crippen LogP contribution in [0.15, 0.2) is 30.5 Å². The van der Waals surface area contributed by atoms with Crippen molar-refractivity contribution in [3.63, 3.8) is 0 Å². The van der Waals surface area contributed by atoms with E-state index < -0.39 is 83.8 Å². The molecule has 3 N–H and O–H groups in total. The fourth-order valence-corrected chi connectivity index (χ4v) is 9.64. The van der Waals surface area contributed by atoms with Crippen LogP contribution in [0, 0.1) is 5.41 Å². The van der Waals surface area contributed by atoms with Crippen LogP contribution in [0.25, 0.3) is 6.08 Å². The molecule has 15 heteroatoms. The first-order valence-corrected chi connectivity index (χ1v) is 22.2. The van der Waals surface area contributed by atoms with Crippen LogP contribution < -0.4 is 5.32 Å². The monoisotopic (exact) mass is 841 g/mol. The number of fused-ring (bicyclic) bond motifs is 4. The van der Waals surface area contributed by atoms with E-state index in [4.69, 9.17) is 33.6 Å². The van der Waals surface area contributed by atoms with Crippen molar-refractivity contribution in [2.75, 3.05) is 26.4 Å². The van der Waals surface area contributed by atoms with E-state index in [1.807, 2.05) is 24.3 Å². The number of benzene rings is 1. The lowest BCUT2D eigenvalue weighted by Crippen LogP contribution is -2.70. The minimum Gasteiger partial charge on any atom is -0.499 e. The minimum atomic E-state index is -1.46. The highest BCUT2D eigenvalue weighted by atomic mass is 16.8. The smallest absolute Gasteiger partial charge is 0.327 e. The molecule has 1 aromatic rings. The number of amides is 2. The van der Waals surface area contributed by atoms with Crippen LogP contribution in [0.2, 0.25) is 0 Å². The molecule has 0 radical (unpaired) electrons. The third kappa shape index (κ3) is 10.2. The van der Waals surface area contributed by atoms with Crippen molar-refractivity contribution in [1.29, 1.82) is 0 Å². The predicted molar refractivity (Wildman–Crippen MR) is 219 cm³/mol. The fourth-order valence-electron chi connectivity index (χ4n) is 9.64. The number of ether oxygens (including phenoxy) is 5. The molecular formula is C45H67N3O12. The van der Waals surface area contributed by atoms with Gasteiger partial charge in [0.2, 0.25) is 11.8 Å². The van der Waals surface area contributed by atoms with Crippen molar-refractivity contribution in [2.24, 2.45) is 5.41 Å². The maximum atomic E-state index is 15.5. The number of hydroxylamine groups is 2. The number of carbonyl (C=O) groups excluding carboxylic acids is 4. The van der Waals surface area contributed by atoms with Gasteiger partial charge < -0.3 is 44.1 Å². The lowest BCUT2D eigenvalue weighted by Gasteiger charge is -2.50. The Bertz CT molecular complexity index is 1670. The summed E-state index contributed by atoms with van der Waals surface area (Å²) in [7, 11) is 0. The summed E-state index contributed by atoms with van der Waals surface area (Å²) in [5.74, 6) is -2.76. The summed E-state index contributed by atoms with van der Waals surface area (Å²) >= 11 is 0. The fraction of sp³-hybridized carbons (Fsp3) is 0.733. The highest BCUT2D eigenvalue weighted by Gasteiger charge is 2.77. The van der Waals surface area contributed by atoms with Crippen LogP contribution in [-0.4, -0.2) is 124 Å². The van der Waals surface area contributed by atoms with Gasteiger partial charge in [-0.05, 0) is 70.1 Å². The molecule has 1 aliphatic carbocycles. The Hall–Kier alpha value is -3.60. The van der Waals surface area contributed by atoms with Crippen molar-refractivity contribution in [3.05, 3.63) is 41.7 Å². The normalized spacial score (nSPS) is 28.7. The summed E-state index contributed by atoms with van der Waals surface area (Å²) in [6.45, 7) is 9.72. The van der Waals surface area contributed by atoms with Gasteiger partial charge in [-0.1, -0.05) is 63.8 Å². The second-order valence-electron chi connectivity index (χ2n) is 18.0. The molecule has 6 rings (SSSR count). The number of likely N-dealkylation sites (tertiary alicyclic amines) is 1. The van der Waals surface area contributed by atoms with Gasteiger partial charge in [-0.3, -0.25) is 24.0 Å². The van der Waals surface area contributed by atoms with E-state index in [1.165, 1.54) is 6.26 Å². The van der Waals surface area contributed by atoms with Crippen LogP contribution in [0.5, 0.6) is 0 Å². The van der Waals surface area contributed by atoms with Crippen molar-refractivity contribution in [2.45, 2.75) is 179 Å². The molecule has 334 valence electrons. The number of unbranched alkanes of at least 4 members (excludes halogenated alkanes) is 4. The molecule has 5 fully saturated rings. The molecule has 2 amide bonds. The van der Waals surface area contributed by atoms with Crippen molar-refractivity contribution in [1.82, 2.24) is 15.3 Å². The van der Waals surface area contributed by atoms with Gasteiger partial charge in [0.15, 0.2) is 11.8 Å². The second kappa shape index (κ2) is 20.1. The molecule has 1 aromatic carbocycles. The largest absolute Gasteiger partial charge is 0.499 e. The van der Waals surface area contributed by atoms with Crippen LogP contribution in [-0.2, 0) is 54.2 Å². The zero-order valence-electron chi connectivity index (χ0n) is 36.1. The zero-order chi connectivity index (χ0) is 43.1. The Morgan fingerprint density at radius 1 is 1.05 bits per heavy atom. The number of nitrogens with zero attached hydrogens (tertiary/aromatic N) is 2. The molecule has 15 nitrogen and oxygen atoms in total. The Kier molecular flexibility index (Phi) is 15.4. The summed E-state index contributed by atoms with van der Waals surface area (Å²) < 4.78 is 31.0. The molecule has 4 aliphatic heterocycles. The van der Waals surface area contributed by atoms with E-state index in [0.29, 0.717) is 25.7 Å². The molecule has 1 saturated carbocycles. The summed E-state index contributed by atoms with van der Waals surface area (Å²) in [6.07, 6.45) is 8.65. The highest BCUT2D eigenvalue weighted by molar-refractivity contribution is 5.96. The van der Waals surface area contributed by atoms with Gasteiger partial charge >= 0.3 is 11.9 Å². The molecule has 2 bridgehead atoms. The van der Waals surface area contributed by atoms with E-state index in [0.717, 1.165) is 49.7 Å². The first kappa shape index (κ1) is 45.9. The number of aliphatic hydroxyl groups excluding tert-OH is 2. The summed E-state index contributed by atoms with van der Waals surface area (Å²) in [6, 6.07) is 4.89. The van der Waals surface area contributed by atoms with Gasteiger partial charge in [-0.2, -0.15) is 5.06 Å². The van der Waals surface area contributed by atoms with Gasteiger partial charge in [0.25, 0.3) is 0 Å². The molecule has 8 atom stereocenters. The zero-order valence-corrected chi connectivity index (χ0v) is 36.1. The standard InChI is InChI=1S/C45H67N3O12/c1-6-8-10-20-44(21-11-9-7-2)58-36-34-27-45(42(54)47-22-13-16-33(47)40(52)46-32(29-50)17-18-35(51)57-43(3,4)5)38(41(53)56-34)48(60-39(45)37(36)59-44)28-31-15-12-14-30(26-31)19-24-55-25-23-49/h12,14-15,19,24,26,32-34,36-39,49-50H,6-11,13,16-18,20-23,25,27-29H2,1-5H3,(H,46,52)/t32-,33+,34+,36-,37-,38-,39+,45-/m0/s1. The van der Waals surface area contributed by atoms with E-state index in [1.54, 1.807) is 36.8 Å². The average molecular weight is 842 g/mol. The lowest BCUT2D eigenvalue weighted by atomic mass is 9.62. The number of hydrogen-bond acceptors (Lipinski definition) is 13. The Morgan fingerprint density at radius 2 is 1.78 bits per heavy atom. The van der Waals surface area contributed by atoms with E-state index in [2.05, 4.69) is 19.2 Å². The summed E-state index contributed by atoms with van der Waals surface area (Å²) in [4.78, 5) is 64.9. The summed E-state index contributed by atoms with van der Waals surface area (Å²) in [5.41, 5.74) is -0.489. The predicted octanol–water partition coefficient (Wildman–Crippen LogP) is 4.70. The first-order chi connectivity index (χ1) is 28.8. The van der Waals surface area contributed by atoms with Gasteiger partial charge in [0.05, 0.1) is 32.1 Å². The van der Waals surface area contributed by atoms with Gasteiger partial charge in [0.1, 0.15) is 48.1 Å². The molecule has 0 aromatic heterocycles. The molecule has 4 saturated heterocycles. The molecule has 0 spiro atoms. The Balaban J connectivity index is 1.30. The van der Waals surface area contributed by atoms with E-state index >= 15 is 4.79 Å². The van der Waals surface area contributed by atoms with E-state index in [-0.39, 0.29) is 51.5 Å². The Morgan fingerprint density at radius 3 is 2.47 bits per heavy atom. The first-order valence-electron chi connectivity index (χ1n) is 22.2. The molecule has 0 unspecified atom stereocenters. The number of aliphatic hydroxyl groups is 2. The number of hydrogen-bond donors (Lipinski definition) is 3. The second-order valence-corrected chi connectivity index (χ2v) is 18.0. The maximum absolute atomic E-state index is 15.5. The van der Waals surface area contributed by atoms with E-state index in [9.17, 15) is 19.5 Å². The number of nitrogens with one attached hydrogen (secondary N) is 1. The highest BCUT2D eigenvalue weighted by Crippen LogP contribution is 2.59. The summed E-state index contributed by atoms with van der Waals surface area (Å²) in [5, 5.41) is 23.7. The quantitative estimate of drug-likeness (QED) is 0.0882. The number of rotatable bonds is 21. The van der Waals surface area contributed by atoms with Gasteiger partial charge in [-0.15, -0.1) is 0 Å². The average Bonchev–Trinajstić information content (AvgIpc) is 3.94. The van der Waals surface area contributed by atoms with Gasteiger partial charge in [0, 0.05) is 32.2 Å². The van der Waals surface area contributed by atoms with Crippen LogP contribution in [0.1, 0.15) is 129 Å². The van der Waals surface area contributed by atoms with Crippen molar-refractivity contribution in [3.8, 4) is 0 Å². The molecule has 60 heavy (non-hydrogen) atoms. The van der Waals surface area contributed by atoms with Crippen LogP contribution >= 0.6 is 0 Å². The SMILES string of the molecule is CCCCCC1(CCCCC)O[C@@H]2[C@H](O1)[C@H]1ON(Cc3cccc(C=COCCO)c3)[C@H]3C(=O)O[C@@H]2C[C@@]13C(=O)N1CCC[C@@H]1C(=O)N[C@H](CO)CCC(=O)OC(C)(C)C. The molecule has 4 heterocycles. The molecular weight excluding hydrogens is 775 g/mol. The van der Waals surface area contributed by atoms with Crippen molar-refractivity contribution < 1.29 is 57.9 Å². The van der Waals surface area contributed by atoms with Gasteiger partial charge in [-0.25, -0.2) is 0 Å². The topological polar surface area (TPSA) is 183 Å². The van der Waals surface area contributed by atoms with Crippen LogP contribution in [0.4, 0.5) is 0 Å². The number of carbonyl (C=O) groups is 4. The number of esters is 2. The maximum Gasteiger partial charge on any atom is 0.327 e. The third-order valence-electron chi connectivity index (χ3n) is 12.3. The minimum absolute atomic E-state index is 0.00107. The molecule has 5 aliphatic rings.